The highest BCUT2D eigenvalue weighted by atomic mass is 32.2. The molecule has 2 heteroatoms. The summed E-state index contributed by atoms with van der Waals surface area (Å²) in [5.74, 6) is 0.854. The number of thioether (sulfide) groups is 1. The van der Waals surface area contributed by atoms with E-state index in [0.29, 0.717) is 0 Å². The van der Waals surface area contributed by atoms with E-state index in [1.54, 1.807) is 11.8 Å². The summed E-state index contributed by atoms with van der Waals surface area (Å²) in [6, 6.07) is 18.2. The van der Waals surface area contributed by atoms with E-state index in [2.05, 4.69) is 24.3 Å². The van der Waals surface area contributed by atoms with Crippen LogP contribution in [0.3, 0.4) is 0 Å². The van der Waals surface area contributed by atoms with E-state index in [1.165, 1.54) is 4.90 Å². The lowest BCUT2D eigenvalue weighted by atomic mass is 10.00. The summed E-state index contributed by atoms with van der Waals surface area (Å²) < 4.78 is 0. The summed E-state index contributed by atoms with van der Waals surface area (Å²) in [4.78, 5) is 1.19. The largest absolute Gasteiger partial charge is 0.384 e. The molecular formula is C16H14OS. The second-order valence-corrected chi connectivity index (χ2v) is 5.38. The summed E-state index contributed by atoms with van der Waals surface area (Å²) in [7, 11) is 0. The van der Waals surface area contributed by atoms with Crippen LogP contribution in [-0.2, 0) is 0 Å². The first-order valence-corrected chi connectivity index (χ1v) is 6.98. The fourth-order valence-electron chi connectivity index (χ4n) is 2.16. The van der Waals surface area contributed by atoms with Crippen molar-refractivity contribution in [1.82, 2.24) is 0 Å². The zero-order chi connectivity index (χ0) is 12.4. The average Bonchev–Trinajstić information content (AvgIpc) is 2.43. The van der Waals surface area contributed by atoms with Crippen molar-refractivity contribution in [3.8, 4) is 0 Å². The fraction of sp³-hybridized carbons (Fsp3) is 0.125. The van der Waals surface area contributed by atoms with Crippen LogP contribution in [0.25, 0.3) is 6.08 Å². The molecule has 1 unspecified atom stereocenters. The van der Waals surface area contributed by atoms with Gasteiger partial charge in [-0.25, -0.2) is 0 Å². The molecule has 1 N–H and O–H groups in total. The molecule has 2 aromatic carbocycles. The van der Waals surface area contributed by atoms with E-state index >= 15 is 0 Å². The predicted molar refractivity (Wildman–Crippen MR) is 76.5 cm³/mol. The number of hydrogen-bond donors (Lipinski definition) is 1. The van der Waals surface area contributed by atoms with Crippen molar-refractivity contribution in [3.63, 3.8) is 0 Å². The minimum atomic E-state index is -0.470. The normalized spacial score (nSPS) is 20.7. The van der Waals surface area contributed by atoms with E-state index < -0.39 is 6.10 Å². The maximum atomic E-state index is 10.4. The van der Waals surface area contributed by atoms with Crippen LogP contribution in [0.1, 0.15) is 17.2 Å². The molecule has 0 fully saturated rings. The summed E-state index contributed by atoms with van der Waals surface area (Å²) in [6.45, 7) is 0. The minimum absolute atomic E-state index is 0.470. The summed E-state index contributed by atoms with van der Waals surface area (Å²) >= 11 is 1.79. The molecule has 0 amide bonds. The van der Waals surface area contributed by atoms with Gasteiger partial charge in [0.2, 0.25) is 0 Å². The van der Waals surface area contributed by atoms with E-state index in [0.717, 1.165) is 22.5 Å². The Morgan fingerprint density at radius 3 is 2.56 bits per heavy atom. The lowest BCUT2D eigenvalue weighted by Crippen LogP contribution is -2.10. The number of hydrogen-bond acceptors (Lipinski definition) is 2. The topological polar surface area (TPSA) is 20.2 Å². The first kappa shape index (κ1) is 11.6. The summed E-state index contributed by atoms with van der Waals surface area (Å²) in [5.41, 5.74) is 3.24. The lowest BCUT2D eigenvalue weighted by molar-refractivity contribution is 0.213. The first-order chi connectivity index (χ1) is 8.84. The van der Waals surface area contributed by atoms with Crippen LogP contribution in [0.5, 0.6) is 0 Å². The standard InChI is InChI=1S/C16H14OS/c17-16-13(10-12-6-2-1-3-7-12)11-18-15-9-5-4-8-14(15)16/h1-10,16-17H,11H2/b13-10+. The van der Waals surface area contributed by atoms with Gasteiger partial charge in [-0.3, -0.25) is 0 Å². The van der Waals surface area contributed by atoms with Crippen molar-refractivity contribution >= 4 is 17.8 Å². The van der Waals surface area contributed by atoms with Gasteiger partial charge in [0, 0.05) is 10.6 Å². The molecule has 0 radical (unpaired) electrons. The van der Waals surface area contributed by atoms with E-state index in [9.17, 15) is 5.11 Å². The number of rotatable bonds is 1. The molecule has 1 nitrogen and oxygen atoms in total. The zero-order valence-corrected chi connectivity index (χ0v) is 10.7. The highest BCUT2D eigenvalue weighted by Crippen LogP contribution is 2.39. The molecule has 0 aliphatic carbocycles. The number of fused-ring (bicyclic) bond motifs is 1. The third kappa shape index (κ3) is 2.22. The zero-order valence-electron chi connectivity index (χ0n) is 9.91. The highest BCUT2D eigenvalue weighted by Gasteiger charge is 2.22. The van der Waals surface area contributed by atoms with E-state index in [4.69, 9.17) is 0 Å². The molecule has 0 aromatic heterocycles. The molecular weight excluding hydrogens is 240 g/mol. The molecule has 1 heterocycles. The van der Waals surface area contributed by atoms with Gasteiger partial charge in [0.25, 0.3) is 0 Å². The van der Waals surface area contributed by atoms with Crippen LogP contribution in [0, 0.1) is 0 Å². The van der Waals surface area contributed by atoms with Crippen LogP contribution in [0.4, 0.5) is 0 Å². The quantitative estimate of drug-likeness (QED) is 0.832. The second kappa shape index (κ2) is 5.01. The molecule has 0 saturated carbocycles. The first-order valence-electron chi connectivity index (χ1n) is 6.00. The Hall–Kier alpha value is -1.51. The van der Waals surface area contributed by atoms with E-state index in [1.807, 2.05) is 36.4 Å². The van der Waals surface area contributed by atoms with Crippen molar-refractivity contribution in [2.24, 2.45) is 0 Å². The van der Waals surface area contributed by atoms with Gasteiger partial charge in [0.05, 0.1) is 0 Å². The van der Waals surface area contributed by atoms with Gasteiger partial charge in [-0.1, -0.05) is 54.6 Å². The van der Waals surface area contributed by atoms with Crippen LogP contribution in [-0.4, -0.2) is 10.9 Å². The van der Waals surface area contributed by atoms with Crippen molar-refractivity contribution in [1.29, 1.82) is 0 Å². The van der Waals surface area contributed by atoms with Gasteiger partial charge in [-0.15, -0.1) is 11.8 Å². The Bertz CT molecular complexity index is 575. The van der Waals surface area contributed by atoms with Crippen molar-refractivity contribution < 1.29 is 5.11 Å². The molecule has 1 aliphatic rings. The Kier molecular flexibility index (Phi) is 3.22. The van der Waals surface area contributed by atoms with Crippen molar-refractivity contribution in [2.45, 2.75) is 11.0 Å². The maximum Gasteiger partial charge on any atom is 0.102 e. The van der Waals surface area contributed by atoms with Crippen molar-refractivity contribution in [3.05, 3.63) is 71.3 Å². The molecule has 3 rings (SSSR count). The minimum Gasteiger partial charge on any atom is -0.384 e. The van der Waals surface area contributed by atoms with Crippen LogP contribution >= 0.6 is 11.8 Å². The van der Waals surface area contributed by atoms with Gasteiger partial charge in [-0.2, -0.15) is 0 Å². The van der Waals surface area contributed by atoms with Crippen LogP contribution in [0.2, 0.25) is 0 Å². The molecule has 1 atom stereocenters. The van der Waals surface area contributed by atoms with Gasteiger partial charge in [0.15, 0.2) is 0 Å². The van der Waals surface area contributed by atoms with Gasteiger partial charge < -0.3 is 5.11 Å². The Balaban J connectivity index is 1.96. The molecule has 2 aromatic rings. The third-order valence-electron chi connectivity index (χ3n) is 3.11. The van der Waals surface area contributed by atoms with Crippen molar-refractivity contribution in [2.75, 3.05) is 5.75 Å². The average molecular weight is 254 g/mol. The number of benzene rings is 2. The second-order valence-electron chi connectivity index (χ2n) is 4.36. The Labute approximate surface area is 111 Å². The maximum absolute atomic E-state index is 10.4. The predicted octanol–water partition coefficient (Wildman–Crippen LogP) is 3.91. The number of aliphatic hydroxyl groups is 1. The fourth-order valence-corrected chi connectivity index (χ4v) is 3.25. The Morgan fingerprint density at radius 1 is 1.00 bits per heavy atom. The molecule has 0 saturated heterocycles. The molecule has 18 heavy (non-hydrogen) atoms. The monoisotopic (exact) mass is 254 g/mol. The Morgan fingerprint density at radius 2 is 1.72 bits per heavy atom. The third-order valence-corrected chi connectivity index (χ3v) is 4.27. The summed E-state index contributed by atoms with van der Waals surface area (Å²) in [6.07, 6.45) is 1.62. The van der Waals surface area contributed by atoms with Crippen LogP contribution in [0.15, 0.2) is 65.1 Å². The molecule has 90 valence electrons. The summed E-state index contributed by atoms with van der Waals surface area (Å²) in [5, 5.41) is 10.4. The molecule has 0 spiro atoms. The highest BCUT2D eigenvalue weighted by molar-refractivity contribution is 7.99. The van der Waals surface area contributed by atoms with Gasteiger partial charge >= 0.3 is 0 Å². The van der Waals surface area contributed by atoms with E-state index in [-0.39, 0.29) is 0 Å². The SMILES string of the molecule is OC1/C(=C/c2ccccc2)CSc2ccccc21. The smallest absolute Gasteiger partial charge is 0.102 e. The van der Waals surface area contributed by atoms with Gasteiger partial charge in [0.1, 0.15) is 6.10 Å². The number of aliphatic hydroxyl groups excluding tert-OH is 1. The van der Waals surface area contributed by atoms with Gasteiger partial charge in [-0.05, 0) is 22.8 Å². The molecule has 1 aliphatic heterocycles. The lowest BCUT2D eigenvalue weighted by Gasteiger charge is -2.23. The molecule has 0 bridgehead atoms. The van der Waals surface area contributed by atoms with Crippen LogP contribution < -0.4 is 0 Å².